The third kappa shape index (κ3) is 4.22. The Bertz CT molecular complexity index is 1600. The molecule has 0 spiro atoms. The van der Waals surface area contributed by atoms with Gasteiger partial charge in [0.15, 0.2) is 11.6 Å². The second-order valence-corrected chi connectivity index (χ2v) is 8.32. The molecule has 0 unspecified atom stereocenters. The van der Waals surface area contributed by atoms with Crippen LogP contribution in [0, 0.1) is 11.6 Å². The van der Waals surface area contributed by atoms with Gasteiger partial charge < -0.3 is 16.0 Å². The first kappa shape index (κ1) is 23.0. The summed E-state index contributed by atoms with van der Waals surface area (Å²) in [6.45, 7) is -0.0579. The number of hydrogen-bond donors (Lipinski definition) is 3. The van der Waals surface area contributed by atoms with Crippen LogP contribution in [-0.2, 0) is 6.54 Å². The van der Waals surface area contributed by atoms with Gasteiger partial charge in [-0.15, -0.1) is 0 Å². The predicted molar refractivity (Wildman–Crippen MR) is 136 cm³/mol. The predicted octanol–water partition coefficient (Wildman–Crippen LogP) is 5.86. The molecule has 5 aromatic rings. The summed E-state index contributed by atoms with van der Waals surface area (Å²) in [5, 5.41) is 4.49. The number of nitrogen functional groups attached to an aromatic ring is 1. The molecule has 4 aromatic carbocycles. The van der Waals surface area contributed by atoms with E-state index < -0.39 is 17.5 Å². The lowest BCUT2D eigenvalue weighted by Crippen LogP contribution is -2.24. The topological polar surface area (TPSA) is 88.0 Å². The van der Waals surface area contributed by atoms with Crippen molar-refractivity contribution in [2.24, 2.45) is 0 Å². The number of H-pyrrole nitrogens is 1. The molecule has 0 saturated heterocycles. The summed E-state index contributed by atoms with van der Waals surface area (Å²) in [6, 6.07) is 25.4. The van der Waals surface area contributed by atoms with Crippen molar-refractivity contribution in [1.29, 1.82) is 0 Å². The van der Waals surface area contributed by atoms with Gasteiger partial charge in [0.25, 0.3) is 5.91 Å². The van der Waals surface area contributed by atoms with Crippen molar-refractivity contribution >= 4 is 28.3 Å². The molecule has 1 heterocycles. The van der Waals surface area contributed by atoms with Gasteiger partial charge >= 0.3 is 0 Å². The van der Waals surface area contributed by atoms with Crippen LogP contribution in [0.4, 0.5) is 14.6 Å². The van der Waals surface area contributed by atoms with Crippen LogP contribution in [0.1, 0.15) is 32.0 Å². The van der Waals surface area contributed by atoms with Crippen LogP contribution in [0.3, 0.4) is 0 Å². The maximum absolute atomic E-state index is 13.6. The Balaban J connectivity index is 1.63. The van der Waals surface area contributed by atoms with Crippen LogP contribution in [0.5, 0.6) is 0 Å². The van der Waals surface area contributed by atoms with E-state index in [1.54, 1.807) is 24.3 Å². The van der Waals surface area contributed by atoms with E-state index in [9.17, 15) is 18.4 Å². The molecule has 4 N–H and O–H groups in total. The number of anilines is 1. The summed E-state index contributed by atoms with van der Waals surface area (Å²) >= 11 is 0. The first-order valence-electron chi connectivity index (χ1n) is 11.3. The minimum absolute atomic E-state index is 0.0278. The largest absolute Gasteiger partial charge is 0.385 e. The van der Waals surface area contributed by atoms with Gasteiger partial charge in [0.2, 0.25) is 5.78 Å². The highest BCUT2D eigenvalue weighted by Crippen LogP contribution is 2.37. The molecule has 5 nitrogen and oxygen atoms in total. The monoisotopic (exact) mass is 481 g/mol. The number of hydrogen-bond acceptors (Lipinski definition) is 3. The lowest BCUT2D eigenvalue weighted by atomic mass is 9.92. The first-order valence-corrected chi connectivity index (χ1v) is 11.3. The van der Waals surface area contributed by atoms with Crippen LogP contribution in [0.15, 0.2) is 91.0 Å². The Hall–Kier alpha value is -4.78. The zero-order valence-electron chi connectivity index (χ0n) is 19.0. The Morgan fingerprint density at radius 2 is 1.56 bits per heavy atom. The second kappa shape index (κ2) is 9.46. The zero-order valence-corrected chi connectivity index (χ0v) is 19.0. The van der Waals surface area contributed by atoms with E-state index in [2.05, 4.69) is 10.3 Å². The summed E-state index contributed by atoms with van der Waals surface area (Å²) < 4.78 is 26.9. The van der Waals surface area contributed by atoms with E-state index in [-0.39, 0.29) is 29.4 Å². The molecule has 0 aliphatic carbocycles. The number of rotatable bonds is 6. The average molecular weight is 482 g/mol. The number of amides is 1. The number of benzene rings is 4. The van der Waals surface area contributed by atoms with Gasteiger partial charge in [0.1, 0.15) is 5.82 Å². The molecule has 0 aliphatic heterocycles. The Morgan fingerprint density at radius 3 is 2.33 bits per heavy atom. The van der Waals surface area contributed by atoms with E-state index in [4.69, 9.17) is 5.73 Å². The standard InChI is InChI=1S/C29H21F2N3O2/c30-22-14-13-17(15-23(22)31)16-33-29(36)25-24(21-12-6-10-18-7-4-5-11-20(18)21)26(34-28(25)32)27(35)19-8-2-1-3-9-19/h1-15,34H,16,32H2,(H,33,36). The highest BCUT2D eigenvalue weighted by atomic mass is 19.2. The minimum Gasteiger partial charge on any atom is -0.385 e. The molecule has 178 valence electrons. The van der Waals surface area contributed by atoms with Crippen molar-refractivity contribution in [3.05, 3.63) is 125 Å². The summed E-state index contributed by atoms with van der Waals surface area (Å²) in [5.41, 5.74) is 8.43. The molecule has 7 heteroatoms. The number of fused-ring (bicyclic) bond motifs is 1. The van der Waals surface area contributed by atoms with Crippen molar-refractivity contribution in [3.63, 3.8) is 0 Å². The fourth-order valence-electron chi connectivity index (χ4n) is 4.29. The van der Waals surface area contributed by atoms with E-state index in [1.165, 1.54) is 6.07 Å². The summed E-state index contributed by atoms with van der Waals surface area (Å²) in [7, 11) is 0. The molecule has 0 atom stereocenters. The summed E-state index contributed by atoms with van der Waals surface area (Å²) in [4.78, 5) is 29.8. The van der Waals surface area contributed by atoms with Crippen LogP contribution >= 0.6 is 0 Å². The molecule has 1 aromatic heterocycles. The lowest BCUT2D eigenvalue weighted by molar-refractivity contribution is 0.0952. The van der Waals surface area contributed by atoms with Gasteiger partial charge in [-0.3, -0.25) is 9.59 Å². The minimum atomic E-state index is -1.00. The molecule has 0 fully saturated rings. The molecule has 0 bridgehead atoms. The number of carbonyl (C=O) groups is 2. The van der Waals surface area contributed by atoms with E-state index >= 15 is 0 Å². The van der Waals surface area contributed by atoms with Crippen molar-refractivity contribution in [2.45, 2.75) is 6.54 Å². The van der Waals surface area contributed by atoms with Gasteiger partial charge in [0, 0.05) is 17.7 Å². The molecular weight excluding hydrogens is 460 g/mol. The van der Waals surface area contributed by atoms with Crippen molar-refractivity contribution in [3.8, 4) is 11.1 Å². The lowest BCUT2D eigenvalue weighted by Gasteiger charge is -2.12. The molecule has 1 amide bonds. The summed E-state index contributed by atoms with van der Waals surface area (Å²) in [5.74, 6) is -2.81. The maximum atomic E-state index is 13.6. The number of aromatic nitrogens is 1. The summed E-state index contributed by atoms with van der Waals surface area (Å²) in [6.07, 6.45) is 0. The maximum Gasteiger partial charge on any atom is 0.255 e. The van der Waals surface area contributed by atoms with Gasteiger partial charge in [-0.1, -0.05) is 78.9 Å². The number of nitrogens with one attached hydrogen (secondary N) is 2. The molecular formula is C29H21F2N3O2. The van der Waals surface area contributed by atoms with Gasteiger partial charge in [-0.05, 0) is 34.0 Å². The SMILES string of the molecule is Nc1[nH]c(C(=O)c2ccccc2)c(-c2cccc3ccccc23)c1C(=O)NCc1ccc(F)c(F)c1. The third-order valence-electron chi connectivity index (χ3n) is 6.02. The molecule has 36 heavy (non-hydrogen) atoms. The number of aromatic amines is 1. The Kier molecular flexibility index (Phi) is 6.04. The van der Waals surface area contributed by atoms with Gasteiger partial charge in [0.05, 0.1) is 11.3 Å². The normalized spacial score (nSPS) is 10.9. The Labute approximate surface area is 205 Å². The van der Waals surface area contributed by atoms with Crippen LogP contribution in [-0.4, -0.2) is 16.7 Å². The number of ketones is 1. The smallest absolute Gasteiger partial charge is 0.255 e. The van der Waals surface area contributed by atoms with E-state index in [0.29, 0.717) is 22.3 Å². The van der Waals surface area contributed by atoms with E-state index in [0.717, 1.165) is 22.9 Å². The quantitative estimate of drug-likeness (QED) is 0.266. The molecule has 0 saturated carbocycles. The second-order valence-electron chi connectivity index (χ2n) is 8.32. The number of nitrogens with two attached hydrogens (primary N) is 1. The van der Waals surface area contributed by atoms with E-state index in [1.807, 2.05) is 48.5 Å². The van der Waals surface area contributed by atoms with Crippen molar-refractivity contribution in [2.75, 3.05) is 5.73 Å². The van der Waals surface area contributed by atoms with Gasteiger partial charge in [-0.25, -0.2) is 8.78 Å². The van der Waals surface area contributed by atoms with Crippen LogP contribution < -0.4 is 11.1 Å². The fraction of sp³-hybridized carbons (Fsp3) is 0.0345. The number of halogens is 2. The average Bonchev–Trinajstić information content (AvgIpc) is 3.25. The van der Waals surface area contributed by atoms with Crippen molar-refractivity contribution < 1.29 is 18.4 Å². The van der Waals surface area contributed by atoms with Crippen LogP contribution in [0.2, 0.25) is 0 Å². The highest BCUT2D eigenvalue weighted by Gasteiger charge is 2.28. The van der Waals surface area contributed by atoms with Crippen LogP contribution in [0.25, 0.3) is 21.9 Å². The number of carbonyl (C=O) groups excluding carboxylic acids is 2. The first-order chi connectivity index (χ1) is 17.4. The zero-order chi connectivity index (χ0) is 25.2. The highest BCUT2D eigenvalue weighted by molar-refractivity contribution is 6.19. The Morgan fingerprint density at radius 1 is 0.833 bits per heavy atom. The van der Waals surface area contributed by atoms with Crippen molar-refractivity contribution in [1.82, 2.24) is 10.3 Å². The molecule has 0 radical (unpaired) electrons. The molecule has 0 aliphatic rings. The molecule has 5 rings (SSSR count). The third-order valence-corrected chi connectivity index (χ3v) is 6.02. The van der Waals surface area contributed by atoms with Gasteiger partial charge in [-0.2, -0.15) is 0 Å². The fourth-order valence-corrected chi connectivity index (χ4v) is 4.29.